The zero-order chi connectivity index (χ0) is 20.1. The van der Waals surface area contributed by atoms with Crippen molar-refractivity contribution in [2.24, 2.45) is 5.73 Å². The van der Waals surface area contributed by atoms with E-state index in [1.54, 1.807) is 35.6 Å². The molecule has 148 valence electrons. The standard InChI is InChI=1S/C20H23N3O3S2/c1-26-19(25)16-13-9-4-2-3-5-11-15(13)28-18(16)23-20(27)22-14-10-7-6-8-12(14)17(21)24/h6-8,10H,2-5,9,11H2,1H3,(H2,21,24)(H2,22,23,27). The molecule has 0 unspecified atom stereocenters. The van der Waals surface area contributed by atoms with Crippen LogP contribution in [0.3, 0.4) is 0 Å². The molecule has 1 amide bonds. The van der Waals surface area contributed by atoms with Crippen molar-refractivity contribution in [3.05, 3.63) is 45.8 Å². The smallest absolute Gasteiger partial charge is 0.341 e. The molecular weight excluding hydrogens is 394 g/mol. The first kappa shape index (κ1) is 20.3. The van der Waals surface area contributed by atoms with Gasteiger partial charge in [-0.25, -0.2) is 4.79 Å². The molecule has 0 saturated carbocycles. The minimum absolute atomic E-state index is 0.285. The third-order valence-corrected chi connectivity index (χ3v) is 6.14. The Morgan fingerprint density at radius 3 is 2.54 bits per heavy atom. The second kappa shape index (κ2) is 9.16. The van der Waals surface area contributed by atoms with Gasteiger partial charge in [-0.15, -0.1) is 11.3 Å². The van der Waals surface area contributed by atoms with E-state index >= 15 is 0 Å². The number of methoxy groups -OCH3 is 1. The maximum Gasteiger partial charge on any atom is 0.341 e. The summed E-state index contributed by atoms with van der Waals surface area (Å²) in [5.41, 5.74) is 7.92. The summed E-state index contributed by atoms with van der Waals surface area (Å²) in [6.45, 7) is 0. The average molecular weight is 418 g/mol. The Morgan fingerprint density at radius 2 is 1.82 bits per heavy atom. The van der Waals surface area contributed by atoms with E-state index in [-0.39, 0.29) is 11.1 Å². The van der Waals surface area contributed by atoms with Crippen LogP contribution >= 0.6 is 23.6 Å². The molecule has 3 rings (SSSR count). The highest BCUT2D eigenvalue weighted by molar-refractivity contribution is 7.80. The molecule has 1 aromatic heterocycles. The van der Waals surface area contributed by atoms with E-state index in [1.807, 2.05) is 0 Å². The number of hydrogen-bond donors (Lipinski definition) is 3. The number of nitrogens with one attached hydrogen (secondary N) is 2. The van der Waals surface area contributed by atoms with Gasteiger partial charge in [-0.05, 0) is 55.6 Å². The first-order chi connectivity index (χ1) is 13.5. The highest BCUT2D eigenvalue weighted by Crippen LogP contribution is 2.37. The van der Waals surface area contributed by atoms with E-state index in [4.69, 9.17) is 22.7 Å². The van der Waals surface area contributed by atoms with E-state index in [0.29, 0.717) is 21.8 Å². The van der Waals surface area contributed by atoms with Crippen molar-refractivity contribution in [2.75, 3.05) is 17.7 Å². The first-order valence-electron chi connectivity index (χ1n) is 9.21. The fourth-order valence-corrected chi connectivity index (χ4v) is 4.95. The van der Waals surface area contributed by atoms with Crippen LogP contribution in [0.15, 0.2) is 24.3 Å². The number of anilines is 2. The van der Waals surface area contributed by atoms with Crippen molar-refractivity contribution >= 4 is 51.2 Å². The van der Waals surface area contributed by atoms with Crippen LogP contribution in [0.4, 0.5) is 10.7 Å². The number of aryl methyl sites for hydroxylation is 1. The summed E-state index contributed by atoms with van der Waals surface area (Å²) in [5, 5.41) is 7.09. The van der Waals surface area contributed by atoms with Crippen molar-refractivity contribution in [1.82, 2.24) is 0 Å². The highest BCUT2D eigenvalue weighted by Gasteiger charge is 2.25. The summed E-state index contributed by atoms with van der Waals surface area (Å²) < 4.78 is 5.03. The van der Waals surface area contributed by atoms with Crippen LogP contribution in [-0.4, -0.2) is 24.1 Å². The van der Waals surface area contributed by atoms with E-state index < -0.39 is 5.91 Å². The van der Waals surface area contributed by atoms with Crippen LogP contribution in [0.5, 0.6) is 0 Å². The molecule has 2 aromatic rings. The zero-order valence-electron chi connectivity index (χ0n) is 15.7. The lowest BCUT2D eigenvalue weighted by Gasteiger charge is -2.13. The zero-order valence-corrected chi connectivity index (χ0v) is 17.3. The number of fused-ring (bicyclic) bond motifs is 1. The summed E-state index contributed by atoms with van der Waals surface area (Å²) >= 11 is 6.97. The molecule has 1 aliphatic carbocycles. The van der Waals surface area contributed by atoms with Crippen LogP contribution in [0.2, 0.25) is 0 Å². The maximum atomic E-state index is 12.5. The van der Waals surface area contributed by atoms with Gasteiger partial charge in [-0.1, -0.05) is 25.0 Å². The Morgan fingerprint density at radius 1 is 1.11 bits per heavy atom. The lowest BCUT2D eigenvalue weighted by molar-refractivity contribution is 0.0601. The van der Waals surface area contributed by atoms with Gasteiger partial charge in [0.25, 0.3) is 5.91 Å². The quantitative estimate of drug-likeness (QED) is 0.512. The number of carbonyl (C=O) groups is 2. The summed E-state index contributed by atoms with van der Waals surface area (Å²) in [6, 6.07) is 6.87. The fraction of sp³-hybridized carbons (Fsp3) is 0.350. The maximum absolute atomic E-state index is 12.5. The number of amides is 1. The van der Waals surface area contributed by atoms with Crippen LogP contribution < -0.4 is 16.4 Å². The summed E-state index contributed by atoms with van der Waals surface area (Å²) in [7, 11) is 1.39. The fourth-order valence-electron chi connectivity index (χ4n) is 3.39. The molecule has 0 radical (unpaired) electrons. The van der Waals surface area contributed by atoms with Gasteiger partial charge in [0.1, 0.15) is 5.00 Å². The number of para-hydroxylation sites is 1. The lowest BCUT2D eigenvalue weighted by Crippen LogP contribution is -2.23. The molecule has 0 aliphatic heterocycles. The third kappa shape index (κ3) is 4.51. The molecule has 4 N–H and O–H groups in total. The average Bonchev–Trinajstić information content (AvgIpc) is 2.97. The second-order valence-corrected chi connectivity index (χ2v) is 8.12. The van der Waals surface area contributed by atoms with Gasteiger partial charge < -0.3 is 21.1 Å². The number of primary amides is 1. The second-order valence-electron chi connectivity index (χ2n) is 6.60. The summed E-state index contributed by atoms with van der Waals surface area (Å²) in [5.74, 6) is -0.902. The van der Waals surface area contributed by atoms with Gasteiger partial charge >= 0.3 is 5.97 Å². The van der Waals surface area contributed by atoms with Crippen molar-refractivity contribution in [2.45, 2.75) is 38.5 Å². The predicted octanol–water partition coefficient (Wildman–Crippen LogP) is 4.10. The SMILES string of the molecule is COC(=O)c1c(NC(=S)Nc2ccccc2C(N)=O)sc2c1CCCCCC2. The van der Waals surface area contributed by atoms with Crippen LogP contribution in [0.1, 0.15) is 56.8 Å². The lowest BCUT2D eigenvalue weighted by atomic mass is 9.96. The van der Waals surface area contributed by atoms with Gasteiger partial charge in [-0.2, -0.15) is 0 Å². The molecule has 1 aromatic carbocycles. The van der Waals surface area contributed by atoms with Crippen molar-refractivity contribution in [3.63, 3.8) is 0 Å². The number of rotatable bonds is 4. The molecule has 0 saturated heterocycles. The summed E-state index contributed by atoms with van der Waals surface area (Å²) in [4.78, 5) is 25.3. The molecule has 0 bridgehead atoms. The Hall–Kier alpha value is -2.45. The van der Waals surface area contributed by atoms with Crippen LogP contribution in [0, 0.1) is 0 Å². The Labute approximate surface area is 173 Å². The van der Waals surface area contributed by atoms with Crippen molar-refractivity contribution in [1.29, 1.82) is 0 Å². The van der Waals surface area contributed by atoms with E-state index in [0.717, 1.165) is 31.2 Å². The molecule has 28 heavy (non-hydrogen) atoms. The Balaban J connectivity index is 1.87. The van der Waals surface area contributed by atoms with Crippen LogP contribution in [-0.2, 0) is 17.6 Å². The molecule has 1 aliphatic rings. The summed E-state index contributed by atoms with van der Waals surface area (Å²) in [6.07, 6.45) is 6.36. The van der Waals surface area contributed by atoms with E-state index in [1.165, 1.54) is 24.8 Å². The van der Waals surface area contributed by atoms with Crippen molar-refractivity contribution in [3.8, 4) is 0 Å². The minimum atomic E-state index is -0.541. The van der Waals surface area contributed by atoms with Gasteiger partial charge in [-0.3, -0.25) is 4.79 Å². The molecular formula is C20H23N3O3S2. The Bertz CT molecular complexity index is 908. The van der Waals surface area contributed by atoms with Crippen molar-refractivity contribution < 1.29 is 14.3 Å². The van der Waals surface area contributed by atoms with E-state index in [9.17, 15) is 9.59 Å². The molecule has 1 heterocycles. The molecule has 0 atom stereocenters. The number of nitrogens with two attached hydrogens (primary N) is 1. The number of thiophene rings is 1. The van der Waals surface area contributed by atoms with Gasteiger partial charge in [0.05, 0.1) is 23.9 Å². The molecule has 8 heteroatoms. The highest BCUT2D eigenvalue weighted by atomic mass is 32.1. The molecule has 0 spiro atoms. The largest absolute Gasteiger partial charge is 0.465 e. The van der Waals surface area contributed by atoms with Gasteiger partial charge in [0.15, 0.2) is 5.11 Å². The molecule has 6 nitrogen and oxygen atoms in total. The predicted molar refractivity (Wildman–Crippen MR) is 116 cm³/mol. The van der Waals surface area contributed by atoms with Gasteiger partial charge in [0.2, 0.25) is 0 Å². The monoisotopic (exact) mass is 417 g/mol. The Kier molecular flexibility index (Phi) is 6.64. The minimum Gasteiger partial charge on any atom is -0.465 e. The number of esters is 1. The number of ether oxygens (including phenoxy) is 1. The topological polar surface area (TPSA) is 93.4 Å². The molecule has 0 fully saturated rings. The third-order valence-electron chi connectivity index (χ3n) is 4.73. The first-order valence-corrected chi connectivity index (χ1v) is 10.4. The van der Waals surface area contributed by atoms with E-state index in [2.05, 4.69) is 10.6 Å². The number of carbonyl (C=O) groups excluding carboxylic acids is 2. The number of hydrogen-bond acceptors (Lipinski definition) is 5. The number of benzene rings is 1. The van der Waals surface area contributed by atoms with Crippen LogP contribution in [0.25, 0.3) is 0 Å². The normalized spacial score (nSPS) is 13.6. The number of thiocarbonyl (C=S) groups is 1. The van der Waals surface area contributed by atoms with Gasteiger partial charge in [0, 0.05) is 4.88 Å².